The van der Waals surface area contributed by atoms with Gasteiger partial charge in [-0.15, -0.1) is 0 Å². The van der Waals surface area contributed by atoms with Crippen molar-refractivity contribution in [3.05, 3.63) is 98.7 Å². The molecule has 0 saturated heterocycles. The van der Waals surface area contributed by atoms with Gasteiger partial charge in [0.05, 0.1) is 17.2 Å². The molecule has 32 heavy (non-hydrogen) atoms. The Hall–Kier alpha value is -3.28. The van der Waals surface area contributed by atoms with Gasteiger partial charge in [0.1, 0.15) is 6.61 Å². The molecule has 0 N–H and O–H groups in total. The zero-order valence-electron chi connectivity index (χ0n) is 17.4. The number of rotatable bonds is 6. The molecule has 1 aliphatic heterocycles. The van der Waals surface area contributed by atoms with Gasteiger partial charge < -0.3 is 14.2 Å². The van der Waals surface area contributed by atoms with Gasteiger partial charge in [0.25, 0.3) is 0 Å². The molecule has 1 heterocycles. The fourth-order valence-corrected chi connectivity index (χ4v) is 3.39. The molecule has 0 atom stereocenters. The van der Waals surface area contributed by atoms with Gasteiger partial charge in [0.2, 0.25) is 5.90 Å². The fraction of sp³-hybridized carbons (Fsp3) is 0.120. The molecule has 0 spiro atoms. The Morgan fingerprint density at radius 3 is 2.47 bits per heavy atom. The van der Waals surface area contributed by atoms with Gasteiger partial charge in [-0.05, 0) is 60.5 Å². The van der Waals surface area contributed by atoms with E-state index in [0.717, 1.165) is 22.3 Å². The van der Waals surface area contributed by atoms with Crippen LogP contribution in [-0.4, -0.2) is 19.0 Å². The number of esters is 1. The third kappa shape index (κ3) is 4.96. The number of carbonyl (C=O) groups is 1. The first-order chi connectivity index (χ1) is 15.4. The number of methoxy groups -OCH3 is 1. The van der Waals surface area contributed by atoms with E-state index in [1.54, 1.807) is 37.5 Å². The van der Waals surface area contributed by atoms with Gasteiger partial charge in [0.15, 0.2) is 17.2 Å². The van der Waals surface area contributed by atoms with Gasteiger partial charge in [-0.2, -0.15) is 0 Å². The molecule has 0 aromatic heterocycles. The van der Waals surface area contributed by atoms with Crippen LogP contribution in [0.4, 0.5) is 0 Å². The predicted molar refractivity (Wildman–Crippen MR) is 126 cm³/mol. The average molecular weight is 468 g/mol. The van der Waals surface area contributed by atoms with Crippen LogP contribution >= 0.6 is 23.2 Å². The van der Waals surface area contributed by atoms with Crippen molar-refractivity contribution in [3.8, 4) is 11.5 Å². The van der Waals surface area contributed by atoms with Crippen LogP contribution < -0.4 is 9.47 Å². The van der Waals surface area contributed by atoms with Crippen LogP contribution in [0.15, 0.2) is 71.4 Å². The van der Waals surface area contributed by atoms with Gasteiger partial charge >= 0.3 is 5.97 Å². The number of aliphatic imine (C=N–C) groups is 1. The monoisotopic (exact) mass is 467 g/mol. The van der Waals surface area contributed by atoms with E-state index in [2.05, 4.69) is 4.99 Å². The average Bonchev–Trinajstić information content (AvgIpc) is 3.15. The molecule has 0 unspecified atom stereocenters. The third-order valence-corrected chi connectivity index (χ3v) is 5.53. The molecule has 0 radical (unpaired) electrons. The Morgan fingerprint density at radius 1 is 0.969 bits per heavy atom. The van der Waals surface area contributed by atoms with E-state index in [1.807, 2.05) is 43.3 Å². The highest BCUT2D eigenvalue weighted by Crippen LogP contribution is 2.31. The molecule has 0 saturated carbocycles. The number of benzene rings is 3. The molecule has 5 nitrogen and oxygen atoms in total. The molecule has 3 aromatic rings. The first-order valence-electron chi connectivity index (χ1n) is 9.77. The lowest BCUT2D eigenvalue weighted by Crippen LogP contribution is -2.05. The van der Waals surface area contributed by atoms with Crippen molar-refractivity contribution in [2.24, 2.45) is 4.99 Å². The number of cyclic esters (lactones) is 1. The molecular weight excluding hydrogens is 449 g/mol. The van der Waals surface area contributed by atoms with Crippen LogP contribution in [0.1, 0.15) is 22.3 Å². The lowest BCUT2D eigenvalue weighted by Gasteiger charge is -2.12. The molecule has 7 heteroatoms. The van der Waals surface area contributed by atoms with Crippen molar-refractivity contribution >= 4 is 41.1 Å². The Labute approximate surface area is 195 Å². The van der Waals surface area contributed by atoms with Gasteiger partial charge in [-0.1, -0.05) is 53.0 Å². The number of nitrogens with zero attached hydrogens (tertiary/aromatic N) is 1. The van der Waals surface area contributed by atoms with Crippen molar-refractivity contribution in [2.75, 3.05) is 7.11 Å². The van der Waals surface area contributed by atoms with Crippen molar-refractivity contribution in [1.29, 1.82) is 0 Å². The third-order valence-electron chi connectivity index (χ3n) is 4.79. The molecule has 0 aliphatic carbocycles. The second-order valence-electron chi connectivity index (χ2n) is 7.15. The van der Waals surface area contributed by atoms with E-state index in [-0.39, 0.29) is 11.6 Å². The molecule has 0 amide bonds. The second-order valence-corrected chi connectivity index (χ2v) is 7.96. The summed E-state index contributed by atoms with van der Waals surface area (Å²) in [7, 11) is 1.55. The Morgan fingerprint density at radius 2 is 1.75 bits per heavy atom. The van der Waals surface area contributed by atoms with Crippen LogP contribution in [0.25, 0.3) is 6.08 Å². The van der Waals surface area contributed by atoms with E-state index in [4.69, 9.17) is 37.4 Å². The number of carbonyl (C=O) groups excluding carboxylic acids is 1. The van der Waals surface area contributed by atoms with Crippen molar-refractivity contribution in [1.82, 2.24) is 0 Å². The maximum absolute atomic E-state index is 12.3. The molecule has 4 rings (SSSR count). The first kappa shape index (κ1) is 21.9. The predicted octanol–water partition coefficient (Wildman–Crippen LogP) is 6.23. The standard InChI is InChI=1S/C25H19Cl2NO4/c1-15-3-7-18(8-4-15)24-28-21(25(29)32-24)12-16-6-10-22(23(13-16)30-2)31-14-17-5-9-19(26)20(27)11-17/h3-13H,14H2,1-2H3/b21-12+. The van der Waals surface area contributed by atoms with Gasteiger partial charge in [0, 0.05) is 5.56 Å². The summed E-state index contributed by atoms with van der Waals surface area (Å²) in [6, 6.07) is 18.3. The largest absolute Gasteiger partial charge is 0.493 e. The highest BCUT2D eigenvalue weighted by atomic mass is 35.5. The number of ether oxygens (including phenoxy) is 3. The van der Waals surface area contributed by atoms with Crippen LogP contribution in [0.3, 0.4) is 0 Å². The Bertz CT molecular complexity index is 1230. The minimum absolute atomic E-state index is 0.215. The molecular formula is C25H19Cl2NO4. The Kier molecular flexibility index (Phi) is 6.49. The summed E-state index contributed by atoms with van der Waals surface area (Å²) in [6.45, 7) is 2.28. The number of halogens is 2. The SMILES string of the molecule is COc1cc(/C=C2/N=C(c3ccc(C)cc3)OC2=O)ccc1OCc1ccc(Cl)c(Cl)c1. The quantitative estimate of drug-likeness (QED) is 0.318. The number of aryl methyl sites for hydroxylation is 1. The lowest BCUT2D eigenvalue weighted by atomic mass is 10.1. The molecule has 1 aliphatic rings. The zero-order valence-corrected chi connectivity index (χ0v) is 18.9. The summed E-state index contributed by atoms with van der Waals surface area (Å²) < 4.78 is 16.7. The molecule has 162 valence electrons. The molecule has 3 aromatic carbocycles. The fourth-order valence-electron chi connectivity index (χ4n) is 3.07. The summed E-state index contributed by atoms with van der Waals surface area (Å²) in [5.41, 5.74) is 3.68. The van der Waals surface area contributed by atoms with E-state index in [9.17, 15) is 4.79 Å². The second kappa shape index (κ2) is 9.47. The molecule has 0 fully saturated rings. The lowest BCUT2D eigenvalue weighted by molar-refractivity contribution is -0.129. The minimum atomic E-state index is -0.500. The van der Waals surface area contributed by atoms with E-state index < -0.39 is 5.97 Å². The van der Waals surface area contributed by atoms with Crippen molar-refractivity contribution in [3.63, 3.8) is 0 Å². The first-order valence-corrected chi connectivity index (χ1v) is 10.5. The molecule has 0 bridgehead atoms. The summed E-state index contributed by atoms with van der Waals surface area (Å²) in [6.07, 6.45) is 1.65. The normalized spacial score (nSPS) is 14.3. The van der Waals surface area contributed by atoms with E-state index in [0.29, 0.717) is 28.2 Å². The topological polar surface area (TPSA) is 57.1 Å². The Balaban J connectivity index is 1.53. The van der Waals surface area contributed by atoms with Crippen LogP contribution in [-0.2, 0) is 16.1 Å². The summed E-state index contributed by atoms with van der Waals surface area (Å²) in [5.74, 6) is 0.862. The highest BCUT2D eigenvalue weighted by molar-refractivity contribution is 6.42. The van der Waals surface area contributed by atoms with Gasteiger partial charge in [-0.3, -0.25) is 0 Å². The maximum Gasteiger partial charge on any atom is 0.363 e. The smallest absolute Gasteiger partial charge is 0.363 e. The number of hydrogen-bond acceptors (Lipinski definition) is 5. The van der Waals surface area contributed by atoms with Crippen molar-refractivity contribution < 1.29 is 19.0 Å². The summed E-state index contributed by atoms with van der Waals surface area (Å²) in [4.78, 5) is 16.6. The van der Waals surface area contributed by atoms with Crippen LogP contribution in [0.5, 0.6) is 11.5 Å². The van der Waals surface area contributed by atoms with Crippen LogP contribution in [0.2, 0.25) is 10.0 Å². The van der Waals surface area contributed by atoms with Crippen molar-refractivity contribution in [2.45, 2.75) is 13.5 Å². The summed E-state index contributed by atoms with van der Waals surface area (Å²) in [5, 5.41) is 0.958. The highest BCUT2D eigenvalue weighted by Gasteiger charge is 2.24. The summed E-state index contributed by atoms with van der Waals surface area (Å²) >= 11 is 12.0. The van der Waals surface area contributed by atoms with Crippen LogP contribution in [0, 0.1) is 6.92 Å². The minimum Gasteiger partial charge on any atom is -0.493 e. The van der Waals surface area contributed by atoms with Gasteiger partial charge in [-0.25, -0.2) is 9.79 Å². The maximum atomic E-state index is 12.3. The zero-order chi connectivity index (χ0) is 22.7. The number of hydrogen-bond donors (Lipinski definition) is 0. The van der Waals surface area contributed by atoms with E-state index in [1.165, 1.54) is 0 Å². The van der Waals surface area contributed by atoms with E-state index >= 15 is 0 Å².